The summed E-state index contributed by atoms with van der Waals surface area (Å²) < 4.78 is 25.5. The van der Waals surface area contributed by atoms with Crippen LogP contribution in [0.25, 0.3) is 0 Å². The minimum Gasteiger partial charge on any atom is -0.477 e. The van der Waals surface area contributed by atoms with Crippen LogP contribution in [0.3, 0.4) is 0 Å². The number of aromatic carboxylic acids is 1. The van der Waals surface area contributed by atoms with Gasteiger partial charge in [-0.2, -0.15) is 0 Å². The number of hydrogen-bond acceptors (Lipinski definition) is 5. The topological polar surface area (TPSA) is 113 Å². The first-order valence-corrected chi connectivity index (χ1v) is 5.01. The van der Waals surface area contributed by atoms with Crippen molar-refractivity contribution < 1.29 is 28.7 Å². The highest BCUT2D eigenvalue weighted by Gasteiger charge is 2.28. The van der Waals surface area contributed by atoms with Crippen molar-refractivity contribution >= 4 is 17.3 Å². The Kier molecular flexibility index (Phi) is 4.33. The van der Waals surface area contributed by atoms with Crippen LogP contribution in [0.4, 0.5) is 20.2 Å². The first-order valence-electron chi connectivity index (χ1n) is 5.01. The lowest BCUT2D eigenvalue weighted by atomic mass is 10.1. The predicted molar refractivity (Wildman–Crippen MR) is 60.6 cm³/mol. The number of nitro benzene ring substituents is 1. The maximum absolute atomic E-state index is 12.8. The van der Waals surface area contributed by atoms with Gasteiger partial charge < -0.3 is 15.5 Å². The molecular weight excluding hydrogens is 266 g/mol. The van der Waals surface area contributed by atoms with E-state index < -0.39 is 41.2 Å². The molecule has 104 valence electrons. The molecule has 0 aliphatic heterocycles. The van der Waals surface area contributed by atoms with Gasteiger partial charge in [0.1, 0.15) is 12.2 Å². The number of carboxylic acids is 1. The van der Waals surface area contributed by atoms with Crippen molar-refractivity contribution in [1.82, 2.24) is 0 Å². The van der Waals surface area contributed by atoms with Crippen molar-refractivity contribution in [3.05, 3.63) is 33.9 Å². The lowest BCUT2D eigenvalue weighted by molar-refractivity contribution is -0.385. The highest BCUT2D eigenvalue weighted by atomic mass is 19.3. The number of rotatable bonds is 6. The van der Waals surface area contributed by atoms with Crippen molar-refractivity contribution in [3.8, 4) is 0 Å². The summed E-state index contributed by atoms with van der Waals surface area (Å²) >= 11 is 0. The minimum absolute atomic E-state index is 0.0372. The molecule has 0 fully saturated rings. The highest BCUT2D eigenvalue weighted by molar-refractivity contribution is 5.93. The van der Waals surface area contributed by atoms with E-state index in [4.69, 9.17) is 10.2 Å². The van der Waals surface area contributed by atoms with Gasteiger partial charge >= 0.3 is 5.97 Å². The van der Waals surface area contributed by atoms with E-state index in [-0.39, 0.29) is 5.69 Å². The second-order valence-corrected chi connectivity index (χ2v) is 3.66. The number of nitrogens with zero attached hydrogens (tertiary/aromatic N) is 1. The van der Waals surface area contributed by atoms with Gasteiger partial charge in [-0.25, -0.2) is 13.6 Å². The van der Waals surface area contributed by atoms with Gasteiger partial charge in [0.25, 0.3) is 11.6 Å². The van der Waals surface area contributed by atoms with Crippen molar-refractivity contribution in [1.29, 1.82) is 0 Å². The zero-order valence-corrected chi connectivity index (χ0v) is 9.47. The summed E-state index contributed by atoms with van der Waals surface area (Å²) in [6, 6.07) is 2.92. The van der Waals surface area contributed by atoms with E-state index in [1.54, 1.807) is 0 Å². The SMILES string of the molecule is O=C(O)c1ccc(NCC(F)(F)CO)cc1[N+](=O)[O-]. The summed E-state index contributed by atoms with van der Waals surface area (Å²) in [5.74, 6) is -4.86. The highest BCUT2D eigenvalue weighted by Crippen LogP contribution is 2.24. The lowest BCUT2D eigenvalue weighted by Gasteiger charge is -2.14. The number of nitrogens with one attached hydrogen (secondary N) is 1. The number of benzene rings is 1. The van der Waals surface area contributed by atoms with Crippen LogP contribution in [0.15, 0.2) is 18.2 Å². The Morgan fingerprint density at radius 1 is 1.47 bits per heavy atom. The van der Waals surface area contributed by atoms with E-state index in [1.165, 1.54) is 0 Å². The summed E-state index contributed by atoms with van der Waals surface area (Å²) in [6.45, 7) is -2.29. The molecule has 0 aromatic heterocycles. The zero-order valence-electron chi connectivity index (χ0n) is 9.47. The van der Waals surface area contributed by atoms with E-state index in [1.807, 2.05) is 0 Å². The van der Waals surface area contributed by atoms with Gasteiger partial charge in [-0.1, -0.05) is 0 Å². The summed E-state index contributed by atoms with van der Waals surface area (Å²) in [6.07, 6.45) is 0. The second-order valence-electron chi connectivity index (χ2n) is 3.66. The second kappa shape index (κ2) is 5.57. The van der Waals surface area contributed by atoms with Gasteiger partial charge in [0, 0.05) is 11.8 Å². The fraction of sp³-hybridized carbons (Fsp3) is 0.300. The van der Waals surface area contributed by atoms with Crippen LogP contribution in [-0.2, 0) is 0 Å². The van der Waals surface area contributed by atoms with Crippen molar-refractivity contribution in [2.75, 3.05) is 18.5 Å². The molecule has 0 spiro atoms. The number of hydrogen-bond donors (Lipinski definition) is 3. The van der Waals surface area contributed by atoms with Crippen LogP contribution in [0.5, 0.6) is 0 Å². The Morgan fingerprint density at radius 2 is 2.11 bits per heavy atom. The summed E-state index contributed by atoms with van der Waals surface area (Å²) in [4.78, 5) is 20.5. The minimum atomic E-state index is -3.37. The van der Waals surface area contributed by atoms with Crippen molar-refractivity contribution in [2.45, 2.75) is 5.92 Å². The molecule has 0 saturated carbocycles. The molecule has 9 heteroatoms. The van der Waals surface area contributed by atoms with Crippen LogP contribution in [-0.4, -0.2) is 40.2 Å². The molecule has 0 aliphatic carbocycles. The number of aliphatic hydroxyl groups is 1. The number of alkyl halides is 2. The number of nitro groups is 1. The smallest absolute Gasteiger partial charge is 0.342 e. The standard InChI is InChI=1S/C10H10F2N2O5/c11-10(12,5-15)4-13-6-1-2-7(9(16)17)8(3-6)14(18)19/h1-3,13,15H,4-5H2,(H,16,17). The molecule has 3 N–H and O–H groups in total. The van der Waals surface area contributed by atoms with E-state index in [0.717, 1.165) is 18.2 Å². The molecule has 0 unspecified atom stereocenters. The lowest BCUT2D eigenvalue weighted by Crippen LogP contribution is -2.31. The third-order valence-corrected chi connectivity index (χ3v) is 2.21. The quantitative estimate of drug-likeness (QED) is 0.533. The van der Waals surface area contributed by atoms with Gasteiger partial charge in [0.15, 0.2) is 0 Å². The molecule has 7 nitrogen and oxygen atoms in total. The third-order valence-electron chi connectivity index (χ3n) is 2.21. The summed E-state index contributed by atoms with van der Waals surface area (Å²) in [5, 5.41) is 29.9. The van der Waals surface area contributed by atoms with Crippen LogP contribution < -0.4 is 5.32 Å². The van der Waals surface area contributed by atoms with Crippen LogP contribution >= 0.6 is 0 Å². The molecule has 0 aliphatic rings. The molecule has 0 amide bonds. The number of aliphatic hydroxyl groups excluding tert-OH is 1. The van der Waals surface area contributed by atoms with Gasteiger partial charge in [-0.3, -0.25) is 10.1 Å². The normalized spacial score (nSPS) is 11.1. The van der Waals surface area contributed by atoms with Gasteiger partial charge in [0.05, 0.1) is 11.5 Å². The van der Waals surface area contributed by atoms with Gasteiger partial charge in [-0.15, -0.1) is 0 Å². The van der Waals surface area contributed by atoms with E-state index in [9.17, 15) is 23.7 Å². The average molecular weight is 276 g/mol. The number of carbonyl (C=O) groups is 1. The first kappa shape index (κ1) is 14.8. The largest absolute Gasteiger partial charge is 0.477 e. The number of carboxylic acid groups (broad SMARTS) is 1. The Morgan fingerprint density at radius 3 is 2.58 bits per heavy atom. The Balaban J connectivity index is 2.97. The molecule has 0 radical (unpaired) electrons. The Labute approximate surface area is 105 Å². The van der Waals surface area contributed by atoms with Crippen molar-refractivity contribution in [3.63, 3.8) is 0 Å². The Hall–Kier alpha value is -2.29. The molecule has 0 bridgehead atoms. The van der Waals surface area contributed by atoms with Crippen LogP contribution in [0, 0.1) is 10.1 Å². The molecule has 0 saturated heterocycles. The average Bonchev–Trinajstić information content (AvgIpc) is 2.36. The van der Waals surface area contributed by atoms with E-state index in [2.05, 4.69) is 5.32 Å². The van der Waals surface area contributed by atoms with Gasteiger partial charge in [-0.05, 0) is 12.1 Å². The molecule has 19 heavy (non-hydrogen) atoms. The maximum Gasteiger partial charge on any atom is 0.342 e. The van der Waals surface area contributed by atoms with Crippen LogP contribution in [0.2, 0.25) is 0 Å². The monoisotopic (exact) mass is 276 g/mol. The predicted octanol–water partition coefficient (Wildman–Crippen LogP) is 1.33. The van der Waals surface area contributed by atoms with E-state index in [0.29, 0.717) is 0 Å². The molecule has 1 rings (SSSR count). The Bertz CT molecular complexity index is 507. The summed E-state index contributed by atoms with van der Waals surface area (Å²) in [5.41, 5.74) is -1.28. The molecule has 0 atom stereocenters. The third kappa shape index (κ3) is 3.85. The molecule has 1 aromatic carbocycles. The maximum atomic E-state index is 12.8. The number of anilines is 1. The van der Waals surface area contributed by atoms with E-state index >= 15 is 0 Å². The first-order chi connectivity index (χ1) is 8.76. The fourth-order valence-electron chi connectivity index (χ4n) is 1.26. The molecule has 1 aromatic rings. The van der Waals surface area contributed by atoms with Crippen LogP contribution in [0.1, 0.15) is 10.4 Å². The zero-order chi connectivity index (χ0) is 14.6. The molecular formula is C10H10F2N2O5. The molecule has 0 heterocycles. The number of halogens is 2. The van der Waals surface area contributed by atoms with Gasteiger partial charge in [0.2, 0.25) is 0 Å². The summed E-state index contributed by atoms with van der Waals surface area (Å²) in [7, 11) is 0. The fourth-order valence-corrected chi connectivity index (χ4v) is 1.26. The van der Waals surface area contributed by atoms with Crippen molar-refractivity contribution in [2.24, 2.45) is 0 Å².